The van der Waals surface area contributed by atoms with E-state index in [9.17, 15) is 22.6 Å². The Morgan fingerprint density at radius 1 is 1.11 bits per heavy atom. The molecular formula is C18H28NNaO6S. The molecule has 0 saturated carbocycles. The maximum Gasteiger partial charge on any atom is 1.00 e. The SMILES string of the molecule is CC(C)CCCCCC(=O)N(C)CC(=O)O.O=S(=O)([O-])c1ccccc1.[Na+]. The minimum Gasteiger partial charge on any atom is -0.744 e. The zero-order valence-electron chi connectivity index (χ0n) is 16.6. The van der Waals surface area contributed by atoms with E-state index in [1.54, 1.807) is 6.07 Å². The Morgan fingerprint density at radius 3 is 2.07 bits per heavy atom. The first-order valence-corrected chi connectivity index (χ1v) is 9.91. The first-order valence-electron chi connectivity index (χ1n) is 8.50. The van der Waals surface area contributed by atoms with Gasteiger partial charge in [-0.05, 0) is 24.5 Å². The molecule has 1 aromatic rings. The van der Waals surface area contributed by atoms with Crippen LogP contribution < -0.4 is 29.6 Å². The average molecular weight is 409 g/mol. The van der Waals surface area contributed by atoms with Crippen molar-refractivity contribution in [2.45, 2.75) is 50.8 Å². The van der Waals surface area contributed by atoms with Crippen molar-refractivity contribution >= 4 is 22.0 Å². The molecule has 1 rings (SSSR count). The molecule has 0 unspecified atom stereocenters. The third-order valence-electron chi connectivity index (χ3n) is 3.50. The van der Waals surface area contributed by atoms with Gasteiger partial charge in [-0.2, -0.15) is 0 Å². The molecular weight excluding hydrogens is 381 g/mol. The predicted octanol–water partition coefficient (Wildman–Crippen LogP) is -0.269. The van der Waals surface area contributed by atoms with E-state index in [1.807, 2.05) is 0 Å². The summed E-state index contributed by atoms with van der Waals surface area (Å²) in [5.41, 5.74) is 0. The minimum atomic E-state index is -4.25. The van der Waals surface area contributed by atoms with Crippen molar-refractivity contribution in [3.05, 3.63) is 30.3 Å². The monoisotopic (exact) mass is 409 g/mol. The summed E-state index contributed by atoms with van der Waals surface area (Å²) in [7, 11) is -2.72. The molecule has 0 spiro atoms. The Morgan fingerprint density at radius 2 is 1.67 bits per heavy atom. The van der Waals surface area contributed by atoms with Gasteiger partial charge in [-0.3, -0.25) is 9.59 Å². The number of carbonyl (C=O) groups excluding carboxylic acids is 1. The van der Waals surface area contributed by atoms with Crippen LogP contribution in [0.5, 0.6) is 0 Å². The van der Waals surface area contributed by atoms with E-state index in [0.29, 0.717) is 12.3 Å². The maximum absolute atomic E-state index is 11.4. The van der Waals surface area contributed by atoms with Gasteiger partial charge in [0.15, 0.2) is 0 Å². The number of carbonyl (C=O) groups is 2. The van der Waals surface area contributed by atoms with Crippen molar-refractivity contribution in [1.29, 1.82) is 0 Å². The second-order valence-electron chi connectivity index (χ2n) is 6.40. The molecule has 1 amide bonds. The van der Waals surface area contributed by atoms with Crippen LogP contribution in [0.15, 0.2) is 35.2 Å². The molecule has 1 N–H and O–H groups in total. The molecule has 0 heterocycles. The molecule has 0 saturated heterocycles. The Bertz CT molecular complexity index is 649. The van der Waals surface area contributed by atoms with E-state index < -0.39 is 16.1 Å². The number of benzene rings is 1. The van der Waals surface area contributed by atoms with Gasteiger partial charge >= 0.3 is 35.5 Å². The van der Waals surface area contributed by atoms with E-state index in [-0.39, 0.29) is 46.9 Å². The summed E-state index contributed by atoms with van der Waals surface area (Å²) in [6, 6.07) is 7.19. The fourth-order valence-electron chi connectivity index (χ4n) is 2.07. The Hall–Kier alpha value is -0.930. The molecule has 9 heteroatoms. The van der Waals surface area contributed by atoms with Crippen LogP contribution in [0.2, 0.25) is 0 Å². The molecule has 0 aliphatic carbocycles. The van der Waals surface area contributed by atoms with Gasteiger partial charge in [0.05, 0.1) is 4.90 Å². The topological polar surface area (TPSA) is 115 Å². The average Bonchev–Trinajstić information content (AvgIpc) is 2.54. The number of hydrogen-bond donors (Lipinski definition) is 1. The van der Waals surface area contributed by atoms with Crippen molar-refractivity contribution in [2.75, 3.05) is 13.6 Å². The number of carboxylic acid groups (broad SMARTS) is 1. The molecule has 1 aromatic carbocycles. The van der Waals surface area contributed by atoms with Crippen LogP contribution in [0.4, 0.5) is 0 Å². The Labute approximate surface area is 184 Å². The third-order valence-corrected chi connectivity index (χ3v) is 4.35. The summed E-state index contributed by atoms with van der Waals surface area (Å²) >= 11 is 0. The number of aliphatic carboxylic acids is 1. The van der Waals surface area contributed by atoms with Gasteiger partial charge in [0, 0.05) is 13.5 Å². The molecule has 0 radical (unpaired) electrons. The summed E-state index contributed by atoms with van der Waals surface area (Å²) in [4.78, 5) is 22.9. The normalized spacial score (nSPS) is 10.4. The van der Waals surface area contributed by atoms with E-state index in [1.165, 1.54) is 42.6 Å². The van der Waals surface area contributed by atoms with Crippen molar-refractivity contribution in [3.63, 3.8) is 0 Å². The number of amides is 1. The maximum atomic E-state index is 11.4. The summed E-state index contributed by atoms with van der Waals surface area (Å²) in [6.07, 6.45) is 4.70. The molecule has 0 fully saturated rings. The number of nitrogens with zero attached hydrogens (tertiary/aromatic N) is 1. The second-order valence-corrected chi connectivity index (χ2v) is 7.78. The molecule has 0 aliphatic heterocycles. The zero-order valence-corrected chi connectivity index (χ0v) is 19.4. The molecule has 0 aliphatic rings. The summed E-state index contributed by atoms with van der Waals surface area (Å²) in [5, 5.41) is 8.51. The van der Waals surface area contributed by atoms with Crippen molar-refractivity contribution < 1.29 is 57.2 Å². The van der Waals surface area contributed by atoms with E-state index in [2.05, 4.69) is 13.8 Å². The van der Waals surface area contributed by atoms with Crippen LogP contribution in [0.25, 0.3) is 0 Å². The number of unbranched alkanes of at least 4 members (excludes halogenated alkanes) is 2. The quantitative estimate of drug-likeness (QED) is 0.341. The van der Waals surface area contributed by atoms with Gasteiger partial charge in [0.1, 0.15) is 16.7 Å². The summed E-state index contributed by atoms with van der Waals surface area (Å²) < 4.78 is 30.8. The molecule has 7 nitrogen and oxygen atoms in total. The van der Waals surface area contributed by atoms with Crippen LogP contribution in [0.1, 0.15) is 46.0 Å². The van der Waals surface area contributed by atoms with Gasteiger partial charge in [-0.1, -0.05) is 51.3 Å². The van der Waals surface area contributed by atoms with Crippen LogP contribution >= 0.6 is 0 Å². The van der Waals surface area contributed by atoms with Crippen molar-refractivity contribution in [2.24, 2.45) is 5.92 Å². The largest absolute Gasteiger partial charge is 1.00 e. The smallest absolute Gasteiger partial charge is 0.744 e. The van der Waals surface area contributed by atoms with Gasteiger partial charge in [0.2, 0.25) is 5.91 Å². The third kappa shape index (κ3) is 15.8. The van der Waals surface area contributed by atoms with Gasteiger partial charge in [0.25, 0.3) is 0 Å². The van der Waals surface area contributed by atoms with Crippen molar-refractivity contribution in [3.8, 4) is 0 Å². The van der Waals surface area contributed by atoms with Crippen LogP contribution in [-0.4, -0.2) is 48.4 Å². The summed E-state index contributed by atoms with van der Waals surface area (Å²) in [5.74, 6) is -0.326. The van der Waals surface area contributed by atoms with Crippen LogP contribution in [0, 0.1) is 5.92 Å². The first-order chi connectivity index (χ1) is 12.0. The molecule has 0 bridgehead atoms. The van der Waals surface area contributed by atoms with Gasteiger partial charge < -0.3 is 14.6 Å². The van der Waals surface area contributed by atoms with E-state index in [4.69, 9.17) is 5.11 Å². The molecule has 148 valence electrons. The van der Waals surface area contributed by atoms with Crippen LogP contribution in [-0.2, 0) is 19.7 Å². The minimum absolute atomic E-state index is 0. The first kappa shape index (κ1) is 28.3. The number of rotatable bonds is 9. The van der Waals surface area contributed by atoms with E-state index >= 15 is 0 Å². The zero-order chi connectivity index (χ0) is 20.2. The van der Waals surface area contributed by atoms with Gasteiger partial charge in [-0.25, -0.2) is 8.42 Å². The Kier molecular flexibility index (Phi) is 15.8. The predicted molar refractivity (Wildman–Crippen MR) is 97.6 cm³/mol. The molecule has 0 atom stereocenters. The van der Waals surface area contributed by atoms with Crippen molar-refractivity contribution in [1.82, 2.24) is 4.90 Å². The van der Waals surface area contributed by atoms with Gasteiger partial charge in [-0.15, -0.1) is 0 Å². The van der Waals surface area contributed by atoms with E-state index in [0.717, 1.165) is 19.3 Å². The summed E-state index contributed by atoms with van der Waals surface area (Å²) in [6.45, 7) is 4.17. The fourth-order valence-corrected chi connectivity index (χ4v) is 2.57. The number of hydrogen-bond acceptors (Lipinski definition) is 5. The number of likely N-dealkylation sites (N-methyl/N-ethyl adjacent to an activating group) is 1. The Balaban J connectivity index is 0. The fraction of sp³-hybridized carbons (Fsp3) is 0.556. The number of carboxylic acids is 1. The molecule has 27 heavy (non-hydrogen) atoms. The standard InChI is InChI=1S/C12H23NO3.C6H6O3S.Na/c1-10(2)7-5-4-6-8-11(14)13(3)9-12(15)16;7-10(8,9)6-4-2-1-3-5-6;/h10H,4-9H2,1-3H3,(H,15,16);1-5H,(H,7,8,9);/q;;+1/p-1. The van der Waals surface area contributed by atoms with Crippen LogP contribution in [0.3, 0.4) is 0 Å². The molecule has 0 aromatic heterocycles. The second kappa shape index (κ2) is 15.0.